The van der Waals surface area contributed by atoms with Crippen molar-refractivity contribution < 1.29 is 38.3 Å². The number of rotatable bonds is 12. The van der Waals surface area contributed by atoms with E-state index in [2.05, 4.69) is 24.8 Å². The minimum Gasteiger partial charge on any atom is -0.469 e. The molecule has 2 aliphatic rings. The summed E-state index contributed by atoms with van der Waals surface area (Å²) in [5.41, 5.74) is 1.24. The summed E-state index contributed by atoms with van der Waals surface area (Å²) in [6.45, 7) is 4.23. The highest BCUT2D eigenvalue weighted by molar-refractivity contribution is 5.76. The lowest BCUT2D eigenvalue weighted by Crippen LogP contribution is -2.60. The quantitative estimate of drug-likeness (QED) is 0.116. The molecule has 0 N–H and O–H groups in total. The second-order valence-corrected chi connectivity index (χ2v) is 11.0. The molecule has 1 spiro atoms. The standard InChI is InChI=1S/C31H37N3O9/c1-30(2)24-10-6-7-11-25(24)33(15-9-8-12-26(35)40-3)31(30)14-13-21-16-23(34(38)39)17-22(29(21)43-31)18-32(19-27(36)41-4)20-28(37)42-5/h6-7,10-11,13-14,16-17H,8-9,12,15,18-20H2,1-5H3. The minimum atomic E-state index is -1.02. The Morgan fingerprint density at radius 2 is 1.63 bits per heavy atom. The van der Waals surface area contributed by atoms with Gasteiger partial charge < -0.3 is 23.8 Å². The summed E-state index contributed by atoms with van der Waals surface area (Å²) in [5, 5.41) is 11.9. The SMILES string of the molecule is COC(=O)CCCCN1c2ccccc2C(C)(C)C12C=Cc1cc([N+](=O)[O-])cc(CN(CC(=O)OC)CC(=O)OC)c1O2. The molecule has 4 rings (SSSR count). The van der Waals surface area contributed by atoms with E-state index in [-0.39, 0.29) is 31.3 Å². The average molecular weight is 596 g/mol. The van der Waals surface area contributed by atoms with Gasteiger partial charge in [-0.2, -0.15) is 0 Å². The summed E-state index contributed by atoms with van der Waals surface area (Å²) in [6, 6.07) is 10.9. The number of hydrogen-bond acceptors (Lipinski definition) is 11. The normalized spacial score (nSPS) is 17.7. The van der Waals surface area contributed by atoms with Crippen LogP contribution in [0.3, 0.4) is 0 Å². The number of non-ortho nitro benzene ring substituents is 1. The van der Waals surface area contributed by atoms with Crippen molar-refractivity contribution in [2.45, 2.75) is 50.8 Å². The number of unbranched alkanes of at least 4 members (excludes halogenated alkanes) is 1. The lowest BCUT2D eigenvalue weighted by atomic mass is 9.76. The summed E-state index contributed by atoms with van der Waals surface area (Å²) in [6.07, 6.45) is 5.37. The van der Waals surface area contributed by atoms with Gasteiger partial charge in [-0.3, -0.25) is 29.4 Å². The fourth-order valence-corrected chi connectivity index (χ4v) is 5.82. The number of para-hydroxylation sites is 1. The molecule has 1 unspecified atom stereocenters. The molecule has 43 heavy (non-hydrogen) atoms. The number of methoxy groups -OCH3 is 3. The van der Waals surface area contributed by atoms with Gasteiger partial charge in [0.1, 0.15) is 5.75 Å². The predicted molar refractivity (Wildman–Crippen MR) is 157 cm³/mol. The molecule has 0 aromatic heterocycles. The monoisotopic (exact) mass is 595 g/mol. The molecule has 2 aliphatic heterocycles. The highest BCUT2D eigenvalue weighted by atomic mass is 16.6. The molecule has 2 aromatic rings. The van der Waals surface area contributed by atoms with E-state index in [4.69, 9.17) is 18.9 Å². The van der Waals surface area contributed by atoms with Gasteiger partial charge >= 0.3 is 17.9 Å². The number of ether oxygens (including phenoxy) is 4. The first-order valence-corrected chi connectivity index (χ1v) is 14.0. The topological polar surface area (TPSA) is 138 Å². The summed E-state index contributed by atoms with van der Waals surface area (Å²) < 4.78 is 21.4. The van der Waals surface area contributed by atoms with E-state index in [1.54, 1.807) is 0 Å². The Kier molecular flexibility index (Phi) is 9.39. The van der Waals surface area contributed by atoms with Gasteiger partial charge in [0.25, 0.3) is 5.69 Å². The predicted octanol–water partition coefficient (Wildman–Crippen LogP) is 3.99. The Labute approximate surface area is 250 Å². The second-order valence-electron chi connectivity index (χ2n) is 11.0. The number of benzene rings is 2. The molecule has 230 valence electrons. The lowest BCUT2D eigenvalue weighted by Gasteiger charge is -2.47. The van der Waals surface area contributed by atoms with Crippen molar-refractivity contribution in [3.05, 3.63) is 69.3 Å². The maximum Gasteiger partial charge on any atom is 0.319 e. The highest BCUT2D eigenvalue weighted by Crippen LogP contribution is 2.55. The number of hydrogen-bond donors (Lipinski definition) is 0. The fourth-order valence-electron chi connectivity index (χ4n) is 5.82. The third-order valence-electron chi connectivity index (χ3n) is 8.10. The van der Waals surface area contributed by atoms with Gasteiger partial charge in [0.05, 0.1) is 44.8 Å². The van der Waals surface area contributed by atoms with Gasteiger partial charge in [-0.05, 0) is 50.5 Å². The summed E-state index contributed by atoms with van der Waals surface area (Å²) in [4.78, 5) is 51.2. The molecule has 1 atom stereocenters. The van der Waals surface area contributed by atoms with Gasteiger partial charge in [0.2, 0.25) is 5.72 Å². The van der Waals surface area contributed by atoms with Crippen molar-refractivity contribution in [2.75, 3.05) is 45.9 Å². The molecular weight excluding hydrogens is 558 g/mol. The fraction of sp³-hybridized carbons (Fsp3) is 0.452. The van der Waals surface area contributed by atoms with Gasteiger partial charge in [-0.15, -0.1) is 0 Å². The van der Waals surface area contributed by atoms with Crippen molar-refractivity contribution in [3.8, 4) is 5.75 Å². The first kappa shape index (κ1) is 31.5. The third kappa shape index (κ3) is 6.19. The van der Waals surface area contributed by atoms with Crippen LogP contribution in [0.2, 0.25) is 0 Å². The molecule has 0 saturated carbocycles. The van der Waals surface area contributed by atoms with Gasteiger partial charge in [-0.1, -0.05) is 18.2 Å². The number of carbonyl (C=O) groups excluding carboxylic acids is 3. The lowest BCUT2D eigenvalue weighted by molar-refractivity contribution is -0.385. The van der Waals surface area contributed by atoms with Gasteiger partial charge in [0.15, 0.2) is 0 Å². The summed E-state index contributed by atoms with van der Waals surface area (Å²) >= 11 is 0. The molecule has 2 heterocycles. The van der Waals surface area contributed by atoms with Crippen LogP contribution in [-0.2, 0) is 40.6 Å². The van der Waals surface area contributed by atoms with Gasteiger partial charge in [0, 0.05) is 48.5 Å². The Hall–Kier alpha value is -4.45. The van der Waals surface area contributed by atoms with Crippen LogP contribution in [0.5, 0.6) is 5.75 Å². The minimum absolute atomic E-state index is 0.0232. The molecule has 0 aliphatic carbocycles. The number of nitro benzene ring substituents is 1. The molecule has 0 amide bonds. The van der Waals surface area contributed by atoms with Crippen LogP contribution in [0.1, 0.15) is 49.8 Å². The number of nitrogens with zero attached hydrogens (tertiary/aromatic N) is 3. The Balaban J connectivity index is 1.78. The maximum atomic E-state index is 12.2. The number of carbonyl (C=O) groups is 3. The molecule has 12 heteroatoms. The van der Waals surface area contributed by atoms with Crippen molar-refractivity contribution in [1.82, 2.24) is 4.90 Å². The summed E-state index contributed by atoms with van der Waals surface area (Å²) in [7, 11) is 3.85. The maximum absolute atomic E-state index is 12.2. The van der Waals surface area contributed by atoms with Crippen LogP contribution < -0.4 is 9.64 Å². The number of nitro groups is 1. The van der Waals surface area contributed by atoms with Crippen LogP contribution in [0.4, 0.5) is 11.4 Å². The van der Waals surface area contributed by atoms with E-state index in [1.807, 2.05) is 30.4 Å². The molecule has 0 radical (unpaired) electrons. The zero-order valence-electron chi connectivity index (χ0n) is 25.1. The zero-order chi connectivity index (χ0) is 31.4. The Morgan fingerprint density at radius 1 is 0.977 bits per heavy atom. The van der Waals surface area contributed by atoms with Crippen molar-refractivity contribution in [2.24, 2.45) is 0 Å². The van der Waals surface area contributed by atoms with E-state index < -0.39 is 28.0 Å². The van der Waals surface area contributed by atoms with Crippen LogP contribution in [0.25, 0.3) is 6.08 Å². The summed E-state index contributed by atoms with van der Waals surface area (Å²) in [5.74, 6) is -1.01. The van der Waals surface area contributed by atoms with Crippen LogP contribution in [0, 0.1) is 10.1 Å². The third-order valence-corrected chi connectivity index (χ3v) is 8.10. The average Bonchev–Trinajstić information content (AvgIpc) is 3.17. The van der Waals surface area contributed by atoms with Crippen molar-refractivity contribution >= 4 is 35.4 Å². The van der Waals surface area contributed by atoms with Crippen molar-refractivity contribution in [1.29, 1.82) is 0 Å². The molecule has 0 bridgehead atoms. The first-order chi connectivity index (χ1) is 20.5. The molecular formula is C31H37N3O9. The molecule has 2 aromatic carbocycles. The number of fused-ring (bicyclic) bond motifs is 2. The van der Waals surface area contributed by atoms with Crippen LogP contribution >= 0.6 is 0 Å². The van der Waals surface area contributed by atoms with E-state index in [0.29, 0.717) is 42.7 Å². The van der Waals surface area contributed by atoms with E-state index in [9.17, 15) is 24.5 Å². The molecule has 12 nitrogen and oxygen atoms in total. The van der Waals surface area contributed by atoms with E-state index in [1.165, 1.54) is 38.4 Å². The van der Waals surface area contributed by atoms with Crippen LogP contribution in [0.15, 0.2) is 42.5 Å². The van der Waals surface area contributed by atoms with Crippen LogP contribution in [-0.4, -0.2) is 74.4 Å². The smallest absolute Gasteiger partial charge is 0.319 e. The first-order valence-electron chi connectivity index (χ1n) is 14.0. The van der Waals surface area contributed by atoms with E-state index in [0.717, 1.165) is 11.3 Å². The molecule has 0 fully saturated rings. The van der Waals surface area contributed by atoms with Gasteiger partial charge in [-0.25, -0.2) is 0 Å². The van der Waals surface area contributed by atoms with Crippen molar-refractivity contribution in [3.63, 3.8) is 0 Å². The zero-order valence-corrected chi connectivity index (χ0v) is 25.1. The largest absolute Gasteiger partial charge is 0.469 e. The second kappa shape index (κ2) is 12.8. The number of anilines is 1. The Morgan fingerprint density at radius 3 is 2.26 bits per heavy atom. The Bertz CT molecular complexity index is 1420. The van der Waals surface area contributed by atoms with E-state index >= 15 is 0 Å². The number of esters is 3. The highest BCUT2D eigenvalue weighted by Gasteiger charge is 2.58. The molecule has 0 saturated heterocycles.